The maximum atomic E-state index is 13.6. The van der Waals surface area contributed by atoms with Crippen LogP contribution in [0.25, 0.3) is 0 Å². The van der Waals surface area contributed by atoms with E-state index in [1.165, 1.54) is 0 Å². The molecule has 0 amide bonds. The van der Waals surface area contributed by atoms with Gasteiger partial charge in [0.25, 0.3) is 0 Å². The van der Waals surface area contributed by atoms with Crippen LogP contribution in [0.4, 0.5) is 22.0 Å². The molecule has 118 valence electrons. The van der Waals surface area contributed by atoms with Crippen LogP contribution in [0.15, 0.2) is 0 Å². The molecule has 0 spiro atoms. The van der Waals surface area contributed by atoms with Crippen molar-refractivity contribution < 1.29 is 22.0 Å². The summed E-state index contributed by atoms with van der Waals surface area (Å²) in [5, 5.41) is 3.20. The minimum atomic E-state index is -2.12. The summed E-state index contributed by atoms with van der Waals surface area (Å²) in [4.78, 5) is 1.59. The van der Waals surface area contributed by atoms with E-state index in [0.717, 1.165) is 25.9 Å². The summed E-state index contributed by atoms with van der Waals surface area (Å²) in [7, 11) is 1.61. The second-order valence-corrected chi connectivity index (χ2v) is 5.44. The van der Waals surface area contributed by atoms with E-state index in [1.807, 2.05) is 0 Å². The lowest BCUT2D eigenvalue weighted by atomic mass is 9.97. The molecule has 1 aliphatic rings. The first-order valence-corrected chi connectivity index (χ1v) is 6.81. The summed E-state index contributed by atoms with van der Waals surface area (Å²) in [6.45, 7) is 2.00. The van der Waals surface area contributed by atoms with Gasteiger partial charge in [0, 0.05) is 18.7 Å². The predicted octanol–water partition coefficient (Wildman–Crippen LogP) is 2.81. The van der Waals surface area contributed by atoms with Gasteiger partial charge < -0.3 is 10.2 Å². The summed E-state index contributed by atoms with van der Waals surface area (Å²) in [5.74, 6) is -9.03. The number of piperidine rings is 1. The molecular formula is C14H17F5N2. The van der Waals surface area contributed by atoms with Crippen LogP contribution in [0, 0.1) is 35.0 Å². The van der Waals surface area contributed by atoms with Crippen molar-refractivity contribution in [2.45, 2.75) is 19.4 Å². The van der Waals surface area contributed by atoms with Crippen molar-refractivity contribution in [3.63, 3.8) is 0 Å². The average molecular weight is 308 g/mol. The van der Waals surface area contributed by atoms with Crippen molar-refractivity contribution in [1.29, 1.82) is 0 Å². The second kappa shape index (κ2) is 6.70. The van der Waals surface area contributed by atoms with E-state index in [4.69, 9.17) is 0 Å². The molecule has 7 heteroatoms. The van der Waals surface area contributed by atoms with Gasteiger partial charge in [-0.2, -0.15) is 0 Å². The van der Waals surface area contributed by atoms with Gasteiger partial charge in [-0.05, 0) is 38.9 Å². The summed E-state index contributed by atoms with van der Waals surface area (Å²) in [5.41, 5.74) is -0.775. The highest BCUT2D eigenvalue weighted by Gasteiger charge is 2.26. The quantitative estimate of drug-likeness (QED) is 0.523. The van der Waals surface area contributed by atoms with Crippen molar-refractivity contribution in [2.75, 3.05) is 26.7 Å². The van der Waals surface area contributed by atoms with E-state index in [2.05, 4.69) is 5.32 Å². The van der Waals surface area contributed by atoms with Crippen molar-refractivity contribution in [2.24, 2.45) is 5.92 Å². The first kappa shape index (κ1) is 16.2. The highest BCUT2D eigenvalue weighted by molar-refractivity contribution is 5.24. The lowest BCUT2D eigenvalue weighted by Gasteiger charge is -2.27. The molecule has 0 aromatic heterocycles. The lowest BCUT2D eigenvalue weighted by Crippen LogP contribution is -2.34. The number of hydrogen-bond acceptors (Lipinski definition) is 2. The molecule has 0 aliphatic carbocycles. The third-order valence-electron chi connectivity index (χ3n) is 3.76. The monoisotopic (exact) mass is 308 g/mol. The third-order valence-corrected chi connectivity index (χ3v) is 3.76. The molecular weight excluding hydrogens is 291 g/mol. The van der Waals surface area contributed by atoms with Gasteiger partial charge in [-0.25, -0.2) is 22.0 Å². The lowest BCUT2D eigenvalue weighted by molar-refractivity contribution is 0.227. The minimum absolute atomic E-state index is 0.310. The molecule has 1 N–H and O–H groups in total. The van der Waals surface area contributed by atoms with Crippen LogP contribution < -0.4 is 5.32 Å². The van der Waals surface area contributed by atoms with Gasteiger partial charge in [-0.3, -0.25) is 0 Å². The van der Waals surface area contributed by atoms with E-state index in [9.17, 15) is 22.0 Å². The smallest absolute Gasteiger partial charge is 0.200 e. The Kier molecular flexibility index (Phi) is 5.16. The molecule has 1 fully saturated rings. The largest absolute Gasteiger partial charge is 0.317 e. The zero-order valence-electron chi connectivity index (χ0n) is 11.7. The Morgan fingerprint density at radius 1 is 0.905 bits per heavy atom. The van der Waals surface area contributed by atoms with Crippen LogP contribution >= 0.6 is 0 Å². The molecule has 1 aliphatic heterocycles. The molecule has 0 saturated carbocycles. The zero-order chi connectivity index (χ0) is 15.6. The molecule has 1 aromatic rings. The number of benzene rings is 1. The fourth-order valence-corrected chi connectivity index (χ4v) is 2.63. The van der Waals surface area contributed by atoms with E-state index in [1.54, 1.807) is 11.9 Å². The topological polar surface area (TPSA) is 15.3 Å². The Morgan fingerprint density at radius 2 is 1.38 bits per heavy atom. The van der Waals surface area contributed by atoms with Gasteiger partial charge >= 0.3 is 0 Å². The van der Waals surface area contributed by atoms with Gasteiger partial charge in [-0.1, -0.05) is 0 Å². The fourth-order valence-electron chi connectivity index (χ4n) is 2.63. The highest BCUT2D eigenvalue weighted by Crippen LogP contribution is 2.24. The Balaban J connectivity index is 2.11. The fraction of sp³-hybridized carbons (Fsp3) is 0.571. The maximum Gasteiger partial charge on any atom is 0.200 e. The van der Waals surface area contributed by atoms with E-state index < -0.39 is 34.6 Å². The Morgan fingerprint density at radius 3 is 1.90 bits per heavy atom. The average Bonchev–Trinajstić information content (AvgIpc) is 2.48. The Labute approximate surface area is 119 Å². The summed E-state index contributed by atoms with van der Waals surface area (Å²) in [6.07, 6.45) is 1.86. The van der Waals surface area contributed by atoms with Gasteiger partial charge in [0.1, 0.15) is 0 Å². The van der Waals surface area contributed by atoms with Crippen LogP contribution in [-0.2, 0) is 6.54 Å². The summed E-state index contributed by atoms with van der Waals surface area (Å²) in [6, 6.07) is 0. The maximum absolute atomic E-state index is 13.6. The van der Waals surface area contributed by atoms with Gasteiger partial charge in [-0.15, -0.1) is 0 Å². The third kappa shape index (κ3) is 3.52. The minimum Gasteiger partial charge on any atom is -0.317 e. The first-order chi connectivity index (χ1) is 9.91. The molecule has 1 aromatic carbocycles. The molecule has 21 heavy (non-hydrogen) atoms. The van der Waals surface area contributed by atoms with Crippen molar-refractivity contribution in [3.05, 3.63) is 34.6 Å². The van der Waals surface area contributed by atoms with E-state index in [0.29, 0.717) is 12.5 Å². The van der Waals surface area contributed by atoms with Crippen molar-refractivity contribution in [3.8, 4) is 0 Å². The van der Waals surface area contributed by atoms with Crippen molar-refractivity contribution in [1.82, 2.24) is 10.2 Å². The number of rotatable bonds is 4. The predicted molar refractivity (Wildman–Crippen MR) is 68.2 cm³/mol. The van der Waals surface area contributed by atoms with E-state index in [-0.39, 0.29) is 6.54 Å². The molecule has 0 unspecified atom stereocenters. The van der Waals surface area contributed by atoms with Gasteiger partial charge in [0.05, 0.1) is 0 Å². The summed E-state index contributed by atoms with van der Waals surface area (Å²) < 4.78 is 66.4. The van der Waals surface area contributed by atoms with Gasteiger partial charge in [0.2, 0.25) is 5.82 Å². The number of nitrogens with zero attached hydrogens (tertiary/aromatic N) is 1. The Hall–Kier alpha value is -1.21. The van der Waals surface area contributed by atoms with Crippen LogP contribution in [0.1, 0.15) is 18.4 Å². The molecule has 0 radical (unpaired) electrons. The van der Waals surface area contributed by atoms with E-state index >= 15 is 0 Å². The molecule has 0 bridgehead atoms. The number of nitrogens with one attached hydrogen (secondary N) is 1. The van der Waals surface area contributed by atoms with Gasteiger partial charge in [0.15, 0.2) is 23.3 Å². The SMILES string of the molecule is CN(Cc1c(F)c(F)c(F)c(F)c1F)CC1CCNCC1. The van der Waals surface area contributed by atoms with Crippen LogP contribution in [-0.4, -0.2) is 31.6 Å². The zero-order valence-corrected chi connectivity index (χ0v) is 11.7. The van der Waals surface area contributed by atoms with Crippen molar-refractivity contribution >= 4 is 0 Å². The van der Waals surface area contributed by atoms with Crippen LogP contribution in [0.2, 0.25) is 0 Å². The normalized spacial score (nSPS) is 16.7. The Bertz CT molecular complexity index is 486. The van der Waals surface area contributed by atoms with Crippen LogP contribution in [0.3, 0.4) is 0 Å². The number of hydrogen-bond donors (Lipinski definition) is 1. The molecule has 1 heterocycles. The standard InChI is InChI=1S/C14H17F5N2/c1-21(6-8-2-4-20-5-3-8)7-9-10(15)12(17)14(19)13(18)11(9)16/h8,20H,2-7H2,1H3. The summed E-state index contributed by atoms with van der Waals surface area (Å²) >= 11 is 0. The molecule has 2 rings (SSSR count). The highest BCUT2D eigenvalue weighted by atomic mass is 19.2. The van der Waals surface area contributed by atoms with Crippen LogP contribution in [0.5, 0.6) is 0 Å². The number of halogens is 5. The second-order valence-electron chi connectivity index (χ2n) is 5.44. The molecule has 0 atom stereocenters. The first-order valence-electron chi connectivity index (χ1n) is 6.81. The molecule has 1 saturated heterocycles. The molecule has 2 nitrogen and oxygen atoms in total.